The Balaban J connectivity index is 0. The van der Waals surface area contributed by atoms with Crippen LogP contribution in [0.1, 0.15) is 0 Å². The third kappa shape index (κ3) is 16.1. The Bertz CT molecular complexity index is 330. The Labute approximate surface area is 109 Å². The van der Waals surface area contributed by atoms with Crippen LogP contribution in [0.15, 0.2) is 73.5 Å². The van der Waals surface area contributed by atoms with E-state index in [1.807, 2.05) is 0 Å². The molecule has 0 saturated carbocycles. The molecule has 0 amide bonds. The lowest BCUT2D eigenvalue weighted by molar-refractivity contribution is 0.308. The van der Waals surface area contributed by atoms with Crippen molar-refractivity contribution in [3.8, 4) is 0 Å². The van der Waals surface area contributed by atoms with Gasteiger partial charge in [0.1, 0.15) is 11.5 Å². The third-order valence-electron chi connectivity index (χ3n) is 1.49. The van der Waals surface area contributed by atoms with E-state index in [-0.39, 0.29) is 0 Å². The minimum atomic E-state index is 0.494. The summed E-state index contributed by atoms with van der Waals surface area (Å²) in [7, 11) is 3.10. The number of allylic oxidation sites excluding steroid dienone is 4. The molecule has 100 valence electrons. The van der Waals surface area contributed by atoms with Crippen LogP contribution in [0, 0.1) is 0 Å². The molecule has 0 aliphatic carbocycles. The molecular weight excluding hydrogens is 228 g/mol. The molecule has 18 heavy (non-hydrogen) atoms. The zero-order valence-corrected chi connectivity index (χ0v) is 11.1. The normalized spacial score (nSPS) is 9.44. The van der Waals surface area contributed by atoms with E-state index in [2.05, 4.69) is 26.3 Å². The van der Waals surface area contributed by atoms with Crippen molar-refractivity contribution in [2.24, 2.45) is 11.5 Å². The van der Waals surface area contributed by atoms with E-state index in [0.29, 0.717) is 22.9 Å². The second-order valence-electron chi connectivity index (χ2n) is 3.16. The van der Waals surface area contributed by atoms with E-state index in [9.17, 15) is 0 Å². The smallest absolute Gasteiger partial charge is 0.111 e. The Morgan fingerprint density at radius 1 is 0.722 bits per heavy atom. The fourth-order valence-corrected chi connectivity index (χ4v) is 0.536. The molecule has 0 aromatic rings. The van der Waals surface area contributed by atoms with Crippen molar-refractivity contribution >= 4 is 0 Å². The van der Waals surface area contributed by atoms with Crippen LogP contribution in [0.4, 0.5) is 0 Å². The Morgan fingerprint density at radius 2 is 1.00 bits per heavy atom. The second-order valence-corrected chi connectivity index (χ2v) is 3.16. The van der Waals surface area contributed by atoms with E-state index in [1.165, 1.54) is 0 Å². The summed E-state index contributed by atoms with van der Waals surface area (Å²) in [5.74, 6) is 1.14. The van der Waals surface area contributed by atoms with Gasteiger partial charge >= 0.3 is 0 Å². The van der Waals surface area contributed by atoms with E-state index in [4.69, 9.17) is 20.9 Å². The molecule has 0 heterocycles. The largest absolute Gasteiger partial charge is 0.497 e. The molecule has 4 heteroatoms. The number of nitrogens with two attached hydrogens (primary N) is 2. The summed E-state index contributed by atoms with van der Waals surface area (Å²) in [6.07, 6.45) is 6.57. The molecule has 0 rings (SSSR count). The molecule has 0 aromatic heterocycles. The van der Waals surface area contributed by atoms with Crippen LogP contribution < -0.4 is 11.5 Å². The number of rotatable bonds is 6. The molecular formula is C14H22N2O2. The summed E-state index contributed by atoms with van der Waals surface area (Å²) in [5, 5.41) is 0. The van der Waals surface area contributed by atoms with Crippen molar-refractivity contribution in [2.45, 2.75) is 0 Å². The number of ether oxygens (including phenoxy) is 2. The molecule has 0 saturated heterocycles. The highest BCUT2D eigenvalue weighted by molar-refractivity contribution is 5.18. The molecule has 0 bridgehead atoms. The zero-order valence-electron chi connectivity index (χ0n) is 11.1. The Morgan fingerprint density at radius 3 is 1.17 bits per heavy atom. The molecule has 0 aromatic carbocycles. The van der Waals surface area contributed by atoms with Gasteiger partial charge in [0.15, 0.2) is 0 Å². The van der Waals surface area contributed by atoms with E-state index < -0.39 is 0 Å². The molecule has 0 fully saturated rings. The van der Waals surface area contributed by atoms with Gasteiger partial charge in [-0.1, -0.05) is 26.3 Å². The highest BCUT2D eigenvalue weighted by atomic mass is 16.5. The second kappa shape index (κ2) is 11.1. The van der Waals surface area contributed by atoms with Crippen LogP contribution in [0.3, 0.4) is 0 Å². The summed E-state index contributed by atoms with van der Waals surface area (Å²) in [6, 6.07) is 0. The maximum absolute atomic E-state index is 5.22. The van der Waals surface area contributed by atoms with Gasteiger partial charge in [0, 0.05) is 11.4 Å². The van der Waals surface area contributed by atoms with Crippen molar-refractivity contribution in [3.05, 3.63) is 73.5 Å². The highest BCUT2D eigenvalue weighted by Gasteiger charge is 1.80. The molecule has 0 spiro atoms. The lowest BCUT2D eigenvalue weighted by atomic mass is 10.4. The van der Waals surface area contributed by atoms with Gasteiger partial charge in [-0.05, 0) is 24.3 Å². The minimum Gasteiger partial charge on any atom is -0.497 e. The first-order valence-corrected chi connectivity index (χ1v) is 5.04. The average Bonchev–Trinajstić information content (AvgIpc) is 2.33. The van der Waals surface area contributed by atoms with Gasteiger partial charge in [-0.3, -0.25) is 0 Å². The predicted octanol–water partition coefficient (Wildman–Crippen LogP) is 2.35. The highest BCUT2D eigenvalue weighted by Crippen LogP contribution is 1.93. The maximum Gasteiger partial charge on any atom is 0.111 e. The number of methoxy groups -OCH3 is 2. The lowest BCUT2D eigenvalue weighted by Gasteiger charge is -1.94. The van der Waals surface area contributed by atoms with Gasteiger partial charge in [-0.25, -0.2) is 0 Å². The summed E-state index contributed by atoms with van der Waals surface area (Å²) >= 11 is 0. The van der Waals surface area contributed by atoms with Gasteiger partial charge in [-0.15, -0.1) is 0 Å². The summed E-state index contributed by atoms with van der Waals surface area (Å²) in [6.45, 7) is 14.0. The number of hydrogen-bond acceptors (Lipinski definition) is 4. The van der Waals surface area contributed by atoms with Gasteiger partial charge in [0.25, 0.3) is 0 Å². The Kier molecular flexibility index (Phi) is 11.1. The first-order valence-electron chi connectivity index (χ1n) is 5.04. The predicted molar refractivity (Wildman–Crippen MR) is 77.2 cm³/mol. The molecule has 0 aliphatic heterocycles. The number of hydrogen-bond donors (Lipinski definition) is 2. The molecule has 0 aliphatic rings. The minimum absolute atomic E-state index is 0.494. The SMILES string of the molecule is C=C(N)/C=C\C(=C)OC.C=C(N)/C=C\C(=C)OC. The van der Waals surface area contributed by atoms with Crippen LogP contribution >= 0.6 is 0 Å². The molecule has 4 N–H and O–H groups in total. The first kappa shape index (κ1) is 18.0. The van der Waals surface area contributed by atoms with E-state index in [1.54, 1.807) is 38.5 Å². The Hall–Kier alpha value is -2.36. The monoisotopic (exact) mass is 250 g/mol. The topological polar surface area (TPSA) is 70.5 Å². The zero-order chi connectivity index (χ0) is 14.6. The molecule has 0 atom stereocenters. The fourth-order valence-electron chi connectivity index (χ4n) is 0.536. The average molecular weight is 250 g/mol. The fraction of sp³-hybridized carbons (Fsp3) is 0.143. The van der Waals surface area contributed by atoms with Gasteiger partial charge < -0.3 is 20.9 Å². The van der Waals surface area contributed by atoms with Gasteiger partial charge in [0.05, 0.1) is 14.2 Å². The van der Waals surface area contributed by atoms with Crippen LogP contribution in [0.2, 0.25) is 0 Å². The first-order chi connectivity index (χ1) is 8.33. The summed E-state index contributed by atoms with van der Waals surface area (Å²) in [5.41, 5.74) is 11.4. The van der Waals surface area contributed by atoms with Crippen molar-refractivity contribution in [2.75, 3.05) is 14.2 Å². The third-order valence-corrected chi connectivity index (χ3v) is 1.49. The van der Waals surface area contributed by atoms with Crippen LogP contribution in [0.25, 0.3) is 0 Å². The van der Waals surface area contributed by atoms with Crippen molar-refractivity contribution in [1.29, 1.82) is 0 Å². The molecule has 0 radical (unpaired) electrons. The maximum atomic E-state index is 5.22. The lowest BCUT2D eigenvalue weighted by Crippen LogP contribution is -1.89. The van der Waals surface area contributed by atoms with Crippen LogP contribution in [-0.4, -0.2) is 14.2 Å². The van der Waals surface area contributed by atoms with E-state index >= 15 is 0 Å². The quantitative estimate of drug-likeness (QED) is 0.561. The molecule has 0 unspecified atom stereocenters. The van der Waals surface area contributed by atoms with Gasteiger partial charge in [0.2, 0.25) is 0 Å². The standard InChI is InChI=1S/2C7H11NO/c2*1-6(8)4-5-7(2)9-3/h2*4-5H,1-2,8H2,3H3/b2*5-4-. The van der Waals surface area contributed by atoms with Gasteiger partial charge in [-0.2, -0.15) is 0 Å². The van der Waals surface area contributed by atoms with Crippen molar-refractivity contribution in [1.82, 2.24) is 0 Å². The van der Waals surface area contributed by atoms with Crippen molar-refractivity contribution < 1.29 is 9.47 Å². The van der Waals surface area contributed by atoms with E-state index in [0.717, 1.165) is 0 Å². The summed E-state index contributed by atoms with van der Waals surface area (Å²) < 4.78 is 9.45. The van der Waals surface area contributed by atoms with Crippen LogP contribution in [-0.2, 0) is 9.47 Å². The molecule has 4 nitrogen and oxygen atoms in total. The van der Waals surface area contributed by atoms with Crippen molar-refractivity contribution in [3.63, 3.8) is 0 Å². The summed E-state index contributed by atoms with van der Waals surface area (Å²) in [4.78, 5) is 0. The van der Waals surface area contributed by atoms with Crippen LogP contribution in [0.5, 0.6) is 0 Å².